The average Bonchev–Trinajstić information content (AvgIpc) is 2.81. The van der Waals surface area contributed by atoms with Crippen molar-refractivity contribution in [1.29, 1.82) is 0 Å². The SMILES string of the molecule is CC=CCOCc1oc2ccccc2c1C(=O)NN. The Kier molecular flexibility index (Phi) is 4.33. The van der Waals surface area contributed by atoms with Crippen LogP contribution in [0.3, 0.4) is 0 Å². The molecule has 0 spiro atoms. The molecule has 0 unspecified atom stereocenters. The van der Waals surface area contributed by atoms with Crippen LogP contribution in [-0.2, 0) is 11.3 Å². The van der Waals surface area contributed by atoms with Gasteiger partial charge in [0, 0.05) is 5.39 Å². The van der Waals surface area contributed by atoms with Crippen molar-refractivity contribution in [3.8, 4) is 0 Å². The van der Waals surface area contributed by atoms with Gasteiger partial charge in [0.25, 0.3) is 5.91 Å². The van der Waals surface area contributed by atoms with Gasteiger partial charge in [0.2, 0.25) is 0 Å². The number of nitrogens with two attached hydrogens (primary N) is 1. The van der Waals surface area contributed by atoms with Crippen LogP contribution in [0, 0.1) is 0 Å². The van der Waals surface area contributed by atoms with E-state index >= 15 is 0 Å². The number of amides is 1. The van der Waals surface area contributed by atoms with E-state index < -0.39 is 0 Å². The maximum Gasteiger partial charge on any atom is 0.269 e. The van der Waals surface area contributed by atoms with Gasteiger partial charge in [0.15, 0.2) is 0 Å². The lowest BCUT2D eigenvalue weighted by Gasteiger charge is -2.02. The van der Waals surface area contributed by atoms with Gasteiger partial charge >= 0.3 is 0 Å². The van der Waals surface area contributed by atoms with Crippen molar-refractivity contribution in [3.05, 3.63) is 47.7 Å². The minimum absolute atomic E-state index is 0.224. The van der Waals surface area contributed by atoms with Gasteiger partial charge < -0.3 is 9.15 Å². The second-order valence-electron chi connectivity index (χ2n) is 3.95. The summed E-state index contributed by atoms with van der Waals surface area (Å²) in [5.74, 6) is 5.31. The van der Waals surface area contributed by atoms with Gasteiger partial charge in [-0.15, -0.1) is 0 Å². The molecule has 3 N–H and O–H groups in total. The number of hydrogen-bond acceptors (Lipinski definition) is 4. The van der Waals surface area contributed by atoms with E-state index in [2.05, 4.69) is 5.43 Å². The number of rotatable bonds is 5. The number of ether oxygens (including phenoxy) is 1. The van der Waals surface area contributed by atoms with E-state index in [1.54, 1.807) is 6.07 Å². The van der Waals surface area contributed by atoms with Crippen molar-refractivity contribution in [3.63, 3.8) is 0 Å². The molecule has 2 rings (SSSR count). The lowest BCUT2D eigenvalue weighted by atomic mass is 10.1. The number of carbonyl (C=O) groups is 1. The average molecular weight is 260 g/mol. The Hall–Kier alpha value is -2.11. The van der Waals surface area contributed by atoms with Crippen LogP contribution in [0.2, 0.25) is 0 Å². The molecule has 0 atom stereocenters. The van der Waals surface area contributed by atoms with Crippen molar-refractivity contribution >= 4 is 16.9 Å². The molecular formula is C14H16N2O3. The number of hydrazine groups is 1. The highest BCUT2D eigenvalue weighted by molar-refractivity contribution is 6.06. The first-order valence-corrected chi connectivity index (χ1v) is 5.98. The zero-order valence-corrected chi connectivity index (χ0v) is 10.7. The summed E-state index contributed by atoms with van der Waals surface area (Å²) < 4.78 is 11.1. The van der Waals surface area contributed by atoms with Gasteiger partial charge in [-0.2, -0.15) is 0 Å². The maximum atomic E-state index is 11.8. The fraction of sp³-hybridized carbons (Fsp3) is 0.214. The molecule has 0 saturated carbocycles. The zero-order chi connectivity index (χ0) is 13.7. The van der Waals surface area contributed by atoms with Gasteiger partial charge in [-0.05, 0) is 13.0 Å². The molecule has 0 aliphatic heterocycles. The summed E-state index contributed by atoms with van der Waals surface area (Å²) in [5, 5.41) is 0.732. The molecule has 0 fully saturated rings. The first kappa shape index (κ1) is 13.3. The smallest absolute Gasteiger partial charge is 0.269 e. The lowest BCUT2D eigenvalue weighted by Crippen LogP contribution is -2.30. The van der Waals surface area contributed by atoms with Crippen molar-refractivity contribution < 1.29 is 13.9 Å². The summed E-state index contributed by atoms with van der Waals surface area (Å²) in [7, 11) is 0. The summed E-state index contributed by atoms with van der Waals surface area (Å²) >= 11 is 0. The van der Waals surface area contributed by atoms with Gasteiger partial charge in [0.05, 0.1) is 12.2 Å². The van der Waals surface area contributed by atoms with Crippen LogP contribution >= 0.6 is 0 Å². The summed E-state index contributed by atoms with van der Waals surface area (Å²) in [5.41, 5.74) is 3.21. The van der Waals surface area contributed by atoms with E-state index in [0.29, 0.717) is 23.5 Å². The van der Waals surface area contributed by atoms with E-state index in [9.17, 15) is 4.79 Å². The number of carbonyl (C=O) groups excluding carboxylic acids is 1. The second-order valence-corrected chi connectivity index (χ2v) is 3.95. The van der Waals surface area contributed by atoms with Crippen molar-refractivity contribution in [2.24, 2.45) is 5.84 Å². The Morgan fingerprint density at radius 3 is 3.00 bits per heavy atom. The zero-order valence-electron chi connectivity index (χ0n) is 10.7. The van der Waals surface area contributed by atoms with Crippen LogP contribution < -0.4 is 11.3 Å². The minimum atomic E-state index is -0.380. The Morgan fingerprint density at radius 1 is 1.47 bits per heavy atom. The number of para-hydroxylation sites is 1. The molecule has 2 aromatic rings. The number of nitrogen functional groups attached to an aromatic ring is 1. The third-order valence-corrected chi connectivity index (χ3v) is 2.71. The molecule has 5 heteroatoms. The molecule has 5 nitrogen and oxygen atoms in total. The number of nitrogens with one attached hydrogen (secondary N) is 1. The Bertz CT molecular complexity index is 602. The Balaban J connectivity index is 2.33. The van der Waals surface area contributed by atoms with E-state index in [-0.39, 0.29) is 12.5 Å². The first-order chi connectivity index (χ1) is 9.27. The highest BCUT2D eigenvalue weighted by Gasteiger charge is 2.19. The molecule has 0 bridgehead atoms. The fourth-order valence-corrected chi connectivity index (χ4v) is 1.83. The van der Waals surface area contributed by atoms with Crippen molar-refractivity contribution in [1.82, 2.24) is 5.43 Å². The predicted molar refractivity (Wildman–Crippen MR) is 72.3 cm³/mol. The van der Waals surface area contributed by atoms with Crippen molar-refractivity contribution in [2.75, 3.05) is 6.61 Å². The molecular weight excluding hydrogens is 244 g/mol. The number of benzene rings is 1. The standard InChI is InChI=1S/C14H16N2O3/c1-2-3-8-18-9-12-13(14(17)16-15)10-6-4-5-7-11(10)19-12/h2-7H,8-9,15H2,1H3,(H,16,17). The lowest BCUT2D eigenvalue weighted by molar-refractivity contribution is 0.0940. The van der Waals surface area contributed by atoms with Crippen LogP contribution in [0.15, 0.2) is 40.8 Å². The molecule has 1 aromatic heterocycles. The van der Waals surface area contributed by atoms with Crippen LogP contribution in [0.4, 0.5) is 0 Å². The normalized spacial score (nSPS) is 11.3. The van der Waals surface area contributed by atoms with Crippen LogP contribution in [0.1, 0.15) is 23.0 Å². The van der Waals surface area contributed by atoms with E-state index in [1.165, 1.54) is 0 Å². The van der Waals surface area contributed by atoms with Crippen molar-refractivity contribution in [2.45, 2.75) is 13.5 Å². The molecule has 0 aliphatic carbocycles. The topological polar surface area (TPSA) is 77.5 Å². The molecule has 100 valence electrons. The molecule has 1 amide bonds. The number of furan rings is 1. The fourth-order valence-electron chi connectivity index (χ4n) is 1.83. The van der Waals surface area contributed by atoms with Gasteiger partial charge in [-0.25, -0.2) is 5.84 Å². The largest absolute Gasteiger partial charge is 0.458 e. The number of fused-ring (bicyclic) bond motifs is 1. The quantitative estimate of drug-likeness (QED) is 0.284. The molecule has 0 aliphatic rings. The van der Waals surface area contributed by atoms with E-state index in [1.807, 2.05) is 37.3 Å². The summed E-state index contributed by atoms with van der Waals surface area (Å²) in [4.78, 5) is 11.8. The monoisotopic (exact) mass is 260 g/mol. The van der Waals surface area contributed by atoms with E-state index in [0.717, 1.165) is 5.39 Å². The van der Waals surface area contributed by atoms with Crippen LogP contribution in [0.25, 0.3) is 11.0 Å². The highest BCUT2D eigenvalue weighted by atomic mass is 16.5. The molecule has 0 saturated heterocycles. The predicted octanol–water partition coefficient (Wildman–Crippen LogP) is 2.13. The molecule has 0 radical (unpaired) electrons. The van der Waals surface area contributed by atoms with E-state index in [4.69, 9.17) is 15.0 Å². The Labute approximate surface area is 111 Å². The summed E-state index contributed by atoms with van der Waals surface area (Å²) in [6.07, 6.45) is 3.78. The summed E-state index contributed by atoms with van der Waals surface area (Å²) in [6, 6.07) is 7.31. The van der Waals surface area contributed by atoms with Crippen LogP contribution in [0.5, 0.6) is 0 Å². The van der Waals surface area contributed by atoms with Gasteiger partial charge in [-0.1, -0.05) is 30.4 Å². The van der Waals surface area contributed by atoms with Gasteiger partial charge in [0.1, 0.15) is 18.0 Å². The second kappa shape index (κ2) is 6.17. The molecule has 1 aromatic carbocycles. The summed E-state index contributed by atoms with van der Waals surface area (Å²) in [6.45, 7) is 2.61. The van der Waals surface area contributed by atoms with Gasteiger partial charge in [-0.3, -0.25) is 10.2 Å². The third kappa shape index (κ3) is 2.83. The first-order valence-electron chi connectivity index (χ1n) is 5.98. The minimum Gasteiger partial charge on any atom is -0.458 e. The Morgan fingerprint density at radius 2 is 2.26 bits per heavy atom. The number of hydrogen-bond donors (Lipinski definition) is 2. The molecule has 1 heterocycles. The molecule has 19 heavy (non-hydrogen) atoms. The van der Waals surface area contributed by atoms with Crippen LogP contribution in [-0.4, -0.2) is 12.5 Å². The highest BCUT2D eigenvalue weighted by Crippen LogP contribution is 2.26. The number of allylic oxidation sites excluding steroid dienone is 1. The maximum absolute atomic E-state index is 11.8. The third-order valence-electron chi connectivity index (χ3n) is 2.71.